The topological polar surface area (TPSA) is 144 Å². The lowest BCUT2D eigenvalue weighted by molar-refractivity contribution is -0.137. The summed E-state index contributed by atoms with van der Waals surface area (Å²) in [5, 5.41) is 18.1. The highest BCUT2D eigenvalue weighted by molar-refractivity contribution is 6.30. The molecule has 30 heavy (non-hydrogen) atoms. The Hall–Kier alpha value is -3.55. The third-order valence-electron chi connectivity index (χ3n) is 4.22. The van der Waals surface area contributed by atoms with Gasteiger partial charge in [0.1, 0.15) is 0 Å². The monoisotopic (exact) mass is 429 g/mol. The molecule has 0 spiro atoms. The van der Waals surface area contributed by atoms with Crippen molar-refractivity contribution in [3.63, 3.8) is 0 Å². The first-order valence-electron chi connectivity index (χ1n) is 8.97. The molecular weight excluding hydrogens is 410 g/mol. The Labute approximate surface area is 177 Å². The van der Waals surface area contributed by atoms with Crippen LogP contribution in [0.3, 0.4) is 0 Å². The predicted molar refractivity (Wildman–Crippen MR) is 111 cm³/mol. The quantitative estimate of drug-likeness (QED) is 0.318. The van der Waals surface area contributed by atoms with Crippen LogP contribution in [-0.4, -0.2) is 35.5 Å². The molecule has 1 atom stereocenters. The maximum atomic E-state index is 12.3. The second-order valence-corrected chi connectivity index (χ2v) is 6.96. The number of carboxylic acid groups (broad SMARTS) is 1. The Kier molecular flexibility index (Phi) is 8.22. The third-order valence-corrected chi connectivity index (χ3v) is 4.46. The van der Waals surface area contributed by atoms with E-state index in [1.165, 1.54) is 0 Å². The molecule has 0 aliphatic rings. The lowest BCUT2D eigenvalue weighted by Gasteiger charge is -2.14. The number of amides is 2. The molecule has 0 radical (unpaired) electrons. The number of benzene rings is 2. The van der Waals surface area contributed by atoms with E-state index in [0.717, 1.165) is 11.1 Å². The van der Waals surface area contributed by atoms with Gasteiger partial charge in [0, 0.05) is 40.2 Å². The summed E-state index contributed by atoms with van der Waals surface area (Å²) in [4.78, 5) is 38.1. The standard InChI is InChI=1S/C20H20ClN5O4/c1-12-8-15(21)6-7-17(12)20(30)23-10-13-2-4-14(5-3-13)19(29)25-16(9-18(27)28)11-24-26-22/h2-8,16H,9-11H2,1H3,(H,23,30)(H,25,29)(H,27,28)/t16-/m0/s1. The molecule has 2 rings (SSSR count). The number of hydrogen-bond donors (Lipinski definition) is 3. The van der Waals surface area contributed by atoms with Crippen LogP contribution in [0.15, 0.2) is 47.6 Å². The van der Waals surface area contributed by atoms with Crippen LogP contribution in [0.4, 0.5) is 0 Å². The normalized spacial score (nSPS) is 11.1. The summed E-state index contributed by atoms with van der Waals surface area (Å²) < 4.78 is 0. The molecule has 0 aliphatic heterocycles. The van der Waals surface area contributed by atoms with E-state index in [1.807, 2.05) is 0 Å². The highest BCUT2D eigenvalue weighted by Gasteiger charge is 2.16. The first-order chi connectivity index (χ1) is 14.3. The fourth-order valence-electron chi connectivity index (χ4n) is 2.71. The number of aryl methyl sites for hydroxylation is 1. The summed E-state index contributed by atoms with van der Waals surface area (Å²) in [5.41, 5.74) is 10.8. The van der Waals surface area contributed by atoms with Crippen molar-refractivity contribution in [1.82, 2.24) is 10.6 Å². The van der Waals surface area contributed by atoms with Crippen LogP contribution in [0, 0.1) is 6.92 Å². The van der Waals surface area contributed by atoms with Crippen LogP contribution in [-0.2, 0) is 11.3 Å². The maximum absolute atomic E-state index is 12.3. The molecule has 0 unspecified atom stereocenters. The average Bonchev–Trinajstić information content (AvgIpc) is 2.70. The minimum absolute atomic E-state index is 0.164. The van der Waals surface area contributed by atoms with Crippen molar-refractivity contribution in [3.05, 3.63) is 80.2 Å². The van der Waals surface area contributed by atoms with Crippen LogP contribution in [0.5, 0.6) is 0 Å². The molecule has 0 bridgehead atoms. The molecule has 156 valence electrons. The van der Waals surface area contributed by atoms with E-state index >= 15 is 0 Å². The van der Waals surface area contributed by atoms with E-state index in [0.29, 0.717) is 16.1 Å². The molecule has 0 saturated carbocycles. The van der Waals surface area contributed by atoms with Crippen LogP contribution in [0.25, 0.3) is 10.4 Å². The van der Waals surface area contributed by atoms with Crippen molar-refractivity contribution in [2.45, 2.75) is 25.9 Å². The molecule has 0 aromatic heterocycles. The molecule has 9 nitrogen and oxygen atoms in total. The molecular formula is C20H20ClN5O4. The van der Waals surface area contributed by atoms with Gasteiger partial charge in [-0.25, -0.2) is 0 Å². The number of carbonyl (C=O) groups is 3. The van der Waals surface area contributed by atoms with Crippen molar-refractivity contribution in [2.24, 2.45) is 5.11 Å². The fraction of sp³-hybridized carbons (Fsp3) is 0.250. The van der Waals surface area contributed by atoms with E-state index in [9.17, 15) is 14.4 Å². The molecule has 0 aliphatic carbocycles. The zero-order valence-corrected chi connectivity index (χ0v) is 16.9. The molecule has 0 fully saturated rings. The van der Waals surface area contributed by atoms with Gasteiger partial charge < -0.3 is 15.7 Å². The Morgan fingerprint density at radius 1 is 1.17 bits per heavy atom. The van der Waals surface area contributed by atoms with Gasteiger partial charge in [-0.1, -0.05) is 28.8 Å². The van der Waals surface area contributed by atoms with Crippen LogP contribution >= 0.6 is 11.6 Å². The van der Waals surface area contributed by atoms with Gasteiger partial charge in [-0.05, 0) is 53.9 Å². The van der Waals surface area contributed by atoms with Crippen molar-refractivity contribution in [1.29, 1.82) is 0 Å². The number of carbonyl (C=O) groups excluding carboxylic acids is 2. The van der Waals surface area contributed by atoms with Crippen LogP contribution in [0.2, 0.25) is 5.02 Å². The number of halogens is 1. The number of aliphatic carboxylic acids is 1. The highest BCUT2D eigenvalue weighted by atomic mass is 35.5. The number of nitrogens with one attached hydrogen (secondary N) is 2. The predicted octanol–water partition coefficient (Wildman–Crippen LogP) is 3.46. The van der Waals surface area contributed by atoms with Crippen molar-refractivity contribution >= 4 is 29.4 Å². The number of nitrogens with zero attached hydrogens (tertiary/aromatic N) is 3. The van der Waals surface area contributed by atoms with Crippen molar-refractivity contribution in [3.8, 4) is 0 Å². The SMILES string of the molecule is Cc1cc(Cl)ccc1C(=O)NCc1ccc(C(=O)N[C@H](CN=[N+]=[N-])CC(=O)O)cc1. The van der Waals surface area contributed by atoms with Gasteiger partial charge in [0.2, 0.25) is 0 Å². The molecule has 2 amide bonds. The molecule has 2 aromatic carbocycles. The largest absolute Gasteiger partial charge is 0.481 e. The van der Waals surface area contributed by atoms with Gasteiger partial charge >= 0.3 is 5.97 Å². The highest BCUT2D eigenvalue weighted by Crippen LogP contribution is 2.15. The fourth-order valence-corrected chi connectivity index (χ4v) is 2.94. The second kappa shape index (κ2) is 10.8. The van der Waals surface area contributed by atoms with Gasteiger partial charge in [0.25, 0.3) is 11.8 Å². The molecule has 10 heteroatoms. The first kappa shape index (κ1) is 22.7. The Bertz CT molecular complexity index is 983. The maximum Gasteiger partial charge on any atom is 0.305 e. The van der Waals surface area contributed by atoms with Gasteiger partial charge in [0.05, 0.1) is 6.42 Å². The number of hydrogen-bond acceptors (Lipinski definition) is 4. The Balaban J connectivity index is 1.96. The third kappa shape index (κ3) is 6.80. The molecule has 2 aromatic rings. The Morgan fingerprint density at radius 3 is 2.47 bits per heavy atom. The molecule has 0 saturated heterocycles. The molecule has 0 heterocycles. The summed E-state index contributed by atoms with van der Waals surface area (Å²) in [5.74, 6) is -1.84. The molecule has 3 N–H and O–H groups in total. The van der Waals surface area contributed by atoms with Gasteiger partial charge in [-0.2, -0.15) is 0 Å². The van der Waals surface area contributed by atoms with E-state index in [2.05, 4.69) is 20.7 Å². The smallest absolute Gasteiger partial charge is 0.305 e. The van der Waals surface area contributed by atoms with Crippen LogP contribution in [0.1, 0.15) is 38.3 Å². The van der Waals surface area contributed by atoms with Gasteiger partial charge in [0.15, 0.2) is 0 Å². The minimum atomic E-state index is -1.12. The average molecular weight is 430 g/mol. The minimum Gasteiger partial charge on any atom is -0.481 e. The van der Waals surface area contributed by atoms with Crippen molar-refractivity contribution < 1.29 is 19.5 Å². The number of azide groups is 1. The Morgan fingerprint density at radius 2 is 1.87 bits per heavy atom. The first-order valence-corrected chi connectivity index (χ1v) is 9.34. The summed E-state index contributed by atoms with van der Waals surface area (Å²) >= 11 is 5.90. The van der Waals surface area contributed by atoms with E-state index < -0.39 is 17.9 Å². The van der Waals surface area contributed by atoms with Gasteiger partial charge in [-0.15, -0.1) is 0 Å². The lowest BCUT2D eigenvalue weighted by atomic mass is 10.1. The number of rotatable bonds is 9. The van der Waals surface area contributed by atoms with E-state index in [1.54, 1.807) is 49.4 Å². The lowest BCUT2D eigenvalue weighted by Crippen LogP contribution is -2.38. The van der Waals surface area contributed by atoms with Crippen molar-refractivity contribution in [2.75, 3.05) is 6.54 Å². The zero-order valence-electron chi connectivity index (χ0n) is 16.1. The summed E-state index contributed by atoms with van der Waals surface area (Å²) in [7, 11) is 0. The summed E-state index contributed by atoms with van der Waals surface area (Å²) in [6, 6.07) is 10.7. The summed E-state index contributed by atoms with van der Waals surface area (Å²) in [6.07, 6.45) is -0.362. The zero-order chi connectivity index (χ0) is 22.1. The number of carboxylic acids is 1. The van der Waals surface area contributed by atoms with E-state index in [-0.39, 0.29) is 25.4 Å². The van der Waals surface area contributed by atoms with E-state index in [4.69, 9.17) is 22.2 Å². The van der Waals surface area contributed by atoms with Crippen LogP contribution < -0.4 is 10.6 Å². The van der Waals surface area contributed by atoms with Gasteiger partial charge in [-0.3, -0.25) is 14.4 Å². The summed E-state index contributed by atoms with van der Waals surface area (Å²) in [6.45, 7) is 1.90. The second-order valence-electron chi connectivity index (χ2n) is 6.52.